The number of ether oxygens (including phenoxy) is 1. The number of anilines is 1. The smallest absolute Gasteiger partial charge is 0.360 e. The number of urea groups is 1. The summed E-state index contributed by atoms with van der Waals surface area (Å²) in [6, 6.07) is 5.26. The zero-order valence-corrected chi connectivity index (χ0v) is 20.2. The highest BCUT2D eigenvalue weighted by atomic mass is 16.5. The third kappa shape index (κ3) is 4.08. The van der Waals surface area contributed by atoms with E-state index >= 15 is 0 Å². The van der Waals surface area contributed by atoms with E-state index in [-0.39, 0.29) is 23.4 Å². The number of hydrogen-bond acceptors (Lipinski definition) is 5. The van der Waals surface area contributed by atoms with E-state index in [4.69, 9.17) is 9.15 Å². The average molecular weight is 466 g/mol. The van der Waals surface area contributed by atoms with Crippen molar-refractivity contribution in [2.45, 2.75) is 69.9 Å². The molecule has 2 aromatic rings. The summed E-state index contributed by atoms with van der Waals surface area (Å²) in [7, 11) is 2.13. The molecule has 2 heterocycles. The second-order valence-corrected chi connectivity index (χ2v) is 11.5. The molecule has 0 spiro atoms. The lowest BCUT2D eigenvalue weighted by Gasteiger charge is -2.56. The van der Waals surface area contributed by atoms with Gasteiger partial charge in [-0.2, -0.15) is 0 Å². The summed E-state index contributed by atoms with van der Waals surface area (Å²) in [6.45, 7) is 3.96. The van der Waals surface area contributed by atoms with Crippen LogP contribution in [0, 0.1) is 24.7 Å². The summed E-state index contributed by atoms with van der Waals surface area (Å²) in [5.74, 6) is 2.98. The highest BCUT2D eigenvalue weighted by molar-refractivity contribution is 5.92. The van der Waals surface area contributed by atoms with Gasteiger partial charge in [0.05, 0.1) is 0 Å². The van der Waals surface area contributed by atoms with Crippen LogP contribution >= 0.6 is 0 Å². The molecule has 7 heteroatoms. The van der Waals surface area contributed by atoms with Gasteiger partial charge in [0.25, 0.3) is 0 Å². The fraction of sp³-hybridized carbons (Fsp3) is 0.630. The van der Waals surface area contributed by atoms with Gasteiger partial charge in [-0.1, -0.05) is 0 Å². The molecule has 182 valence electrons. The number of nitrogens with zero attached hydrogens (tertiary/aromatic N) is 1. The first-order valence-corrected chi connectivity index (χ1v) is 12.9. The van der Waals surface area contributed by atoms with E-state index < -0.39 is 5.63 Å². The Morgan fingerprint density at radius 1 is 1.09 bits per heavy atom. The Hall–Kier alpha value is -2.54. The Morgan fingerprint density at radius 2 is 1.74 bits per heavy atom. The van der Waals surface area contributed by atoms with Gasteiger partial charge in [-0.25, -0.2) is 9.59 Å². The van der Waals surface area contributed by atoms with Crippen LogP contribution in [0.25, 0.3) is 11.0 Å². The summed E-state index contributed by atoms with van der Waals surface area (Å²) in [5.41, 5.74) is 0.874. The van der Waals surface area contributed by atoms with Gasteiger partial charge in [-0.05, 0) is 101 Å². The first-order valence-electron chi connectivity index (χ1n) is 12.9. The fourth-order valence-corrected chi connectivity index (χ4v) is 7.46. The molecule has 2 N–H and O–H groups in total. The van der Waals surface area contributed by atoms with Gasteiger partial charge in [0.1, 0.15) is 23.1 Å². The first-order chi connectivity index (χ1) is 16.4. The van der Waals surface area contributed by atoms with E-state index in [1.807, 2.05) is 19.1 Å². The lowest BCUT2D eigenvalue weighted by Crippen LogP contribution is -2.60. The van der Waals surface area contributed by atoms with E-state index in [1.165, 1.54) is 19.3 Å². The summed E-state index contributed by atoms with van der Waals surface area (Å²) >= 11 is 0. The zero-order valence-electron chi connectivity index (χ0n) is 20.2. The molecule has 4 aliphatic carbocycles. The maximum atomic E-state index is 12.9. The minimum absolute atomic E-state index is 0.105. The summed E-state index contributed by atoms with van der Waals surface area (Å²) in [5, 5.41) is 6.83. The molecule has 1 aromatic heterocycles. The van der Waals surface area contributed by atoms with Crippen LogP contribution in [0.4, 0.5) is 10.5 Å². The molecule has 1 saturated heterocycles. The SMILES string of the molecule is Cc1c(OC2CCN(C)CC2)ccc2cc(NC(=O)NC34CC5CC(CC(C5)C3)C4)c(=O)oc12. The number of nitrogens with one attached hydrogen (secondary N) is 2. The molecular formula is C27H35N3O4. The molecule has 0 radical (unpaired) electrons. The summed E-state index contributed by atoms with van der Waals surface area (Å²) in [6.07, 6.45) is 9.31. The summed E-state index contributed by atoms with van der Waals surface area (Å²) in [4.78, 5) is 28.0. The van der Waals surface area contributed by atoms with Crippen molar-refractivity contribution < 1.29 is 13.9 Å². The maximum absolute atomic E-state index is 12.9. The van der Waals surface area contributed by atoms with E-state index in [0.29, 0.717) is 5.58 Å². The number of rotatable bonds is 4. The maximum Gasteiger partial charge on any atom is 0.360 e. The van der Waals surface area contributed by atoms with Crippen molar-refractivity contribution in [2.24, 2.45) is 17.8 Å². The van der Waals surface area contributed by atoms with Gasteiger partial charge in [0, 0.05) is 29.6 Å². The molecule has 34 heavy (non-hydrogen) atoms. The van der Waals surface area contributed by atoms with Crippen LogP contribution < -0.4 is 21.0 Å². The zero-order chi connectivity index (χ0) is 23.4. The number of fused-ring (bicyclic) bond motifs is 1. The number of benzene rings is 1. The Labute approximate surface area is 200 Å². The molecule has 0 unspecified atom stereocenters. The Bertz CT molecular complexity index is 1130. The molecule has 5 aliphatic rings. The van der Waals surface area contributed by atoms with Crippen LogP contribution in [0.2, 0.25) is 0 Å². The summed E-state index contributed by atoms with van der Waals surface area (Å²) < 4.78 is 11.9. The molecule has 0 atom stereocenters. The van der Waals surface area contributed by atoms with Gasteiger partial charge in [0.2, 0.25) is 0 Å². The van der Waals surface area contributed by atoms with Crippen LogP contribution in [-0.2, 0) is 0 Å². The third-order valence-electron chi connectivity index (χ3n) is 8.73. The monoisotopic (exact) mass is 465 g/mol. The fourth-order valence-electron chi connectivity index (χ4n) is 7.46. The van der Waals surface area contributed by atoms with Crippen LogP contribution in [0.1, 0.15) is 56.9 Å². The predicted octanol–water partition coefficient (Wildman–Crippen LogP) is 4.66. The van der Waals surface area contributed by atoms with Crippen molar-refractivity contribution in [2.75, 3.05) is 25.5 Å². The van der Waals surface area contributed by atoms with Gasteiger partial charge in [-0.3, -0.25) is 0 Å². The Kier molecular flexibility index (Phi) is 5.36. The van der Waals surface area contributed by atoms with Gasteiger partial charge in [-0.15, -0.1) is 0 Å². The highest BCUT2D eigenvalue weighted by Gasteiger charge is 2.51. The normalized spacial score (nSPS) is 31.1. The van der Waals surface area contributed by atoms with Crippen molar-refractivity contribution in [3.05, 3.63) is 34.2 Å². The first kappa shape index (κ1) is 22.0. The van der Waals surface area contributed by atoms with Crippen LogP contribution in [0.5, 0.6) is 5.75 Å². The number of hydrogen-bond donors (Lipinski definition) is 2. The molecule has 4 bridgehead atoms. The molecular weight excluding hydrogens is 430 g/mol. The van der Waals surface area contributed by atoms with Crippen molar-refractivity contribution in [1.29, 1.82) is 0 Å². The van der Waals surface area contributed by atoms with Gasteiger partial charge < -0.3 is 24.7 Å². The van der Waals surface area contributed by atoms with Crippen LogP contribution in [0.15, 0.2) is 27.4 Å². The number of amides is 2. The van der Waals surface area contributed by atoms with E-state index in [0.717, 1.165) is 79.6 Å². The van der Waals surface area contributed by atoms with E-state index in [1.54, 1.807) is 6.07 Å². The Balaban J connectivity index is 1.17. The van der Waals surface area contributed by atoms with Gasteiger partial charge in [0.15, 0.2) is 0 Å². The second-order valence-electron chi connectivity index (χ2n) is 11.5. The van der Waals surface area contributed by atoms with E-state index in [2.05, 4.69) is 22.6 Å². The quantitative estimate of drug-likeness (QED) is 0.642. The standard InChI is InChI=1S/C27H35N3O4/c1-16-23(33-21-5-7-30(2)8-6-21)4-3-20-12-22(25(31)34-24(16)20)28-26(32)29-27-13-17-9-18(14-27)11-19(10-17)15-27/h3-4,12,17-19,21H,5-11,13-15H2,1-2H3,(H2,28,29,32). The number of carbonyl (C=O) groups excluding carboxylic acids is 1. The molecule has 4 saturated carbocycles. The van der Waals surface area contributed by atoms with Crippen molar-refractivity contribution in [3.63, 3.8) is 0 Å². The molecule has 7 rings (SSSR count). The minimum Gasteiger partial charge on any atom is -0.490 e. The molecule has 1 aliphatic heterocycles. The molecule has 2 amide bonds. The minimum atomic E-state index is -0.535. The van der Waals surface area contributed by atoms with Crippen LogP contribution in [0.3, 0.4) is 0 Å². The van der Waals surface area contributed by atoms with E-state index in [9.17, 15) is 9.59 Å². The lowest BCUT2D eigenvalue weighted by molar-refractivity contribution is -0.0127. The predicted molar refractivity (Wildman–Crippen MR) is 131 cm³/mol. The van der Waals surface area contributed by atoms with Crippen molar-refractivity contribution >= 4 is 22.7 Å². The topological polar surface area (TPSA) is 83.8 Å². The van der Waals surface area contributed by atoms with Gasteiger partial charge >= 0.3 is 11.7 Å². The highest BCUT2D eigenvalue weighted by Crippen LogP contribution is 2.55. The second kappa shape index (κ2) is 8.29. The number of likely N-dealkylation sites (tertiary alicyclic amines) is 1. The van der Waals surface area contributed by atoms with Crippen molar-refractivity contribution in [3.8, 4) is 5.75 Å². The van der Waals surface area contributed by atoms with Crippen LogP contribution in [-0.4, -0.2) is 42.7 Å². The Morgan fingerprint density at radius 3 is 2.38 bits per heavy atom. The van der Waals surface area contributed by atoms with Crippen molar-refractivity contribution in [1.82, 2.24) is 10.2 Å². The largest absolute Gasteiger partial charge is 0.490 e. The number of piperidine rings is 1. The average Bonchev–Trinajstić information content (AvgIpc) is 2.77. The molecule has 7 nitrogen and oxygen atoms in total. The number of carbonyl (C=O) groups is 1. The molecule has 1 aromatic carbocycles. The third-order valence-corrected chi connectivity index (χ3v) is 8.73. The molecule has 5 fully saturated rings. The lowest BCUT2D eigenvalue weighted by atomic mass is 9.53. The number of aryl methyl sites for hydroxylation is 1.